The standard InChI is InChI=1S/C13H25NO/c1-10-7-8-11(15)14(10)13(5,6)9-12(2,3)4/h10H,7-9H2,1-6H3. The van der Waals surface area contributed by atoms with Crippen molar-refractivity contribution >= 4 is 5.91 Å². The highest BCUT2D eigenvalue weighted by atomic mass is 16.2. The zero-order valence-electron chi connectivity index (χ0n) is 11.1. The highest BCUT2D eigenvalue weighted by molar-refractivity contribution is 5.79. The van der Waals surface area contributed by atoms with Crippen LogP contribution in [-0.2, 0) is 4.79 Å². The fourth-order valence-corrected chi connectivity index (χ4v) is 3.14. The predicted octanol–water partition coefficient (Wildman–Crippen LogP) is 3.21. The minimum atomic E-state index is -0.00868. The zero-order chi connectivity index (χ0) is 11.9. The van der Waals surface area contributed by atoms with Crippen molar-refractivity contribution in [2.45, 2.75) is 72.4 Å². The SMILES string of the molecule is CC1CCC(=O)N1C(C)(C)CC(C)(C)C. The fraction of sp³-hybridized carbons (Fsp3) is 0.923. The average Bonchev–Trinajstić information content (AvgIpc) is 2.25. The average molecular weight is 211 g/mol. The Kier molecular flexibility index (Phi) is 3.18. The summed E-state index contributed by atoms with van der Waals surface area (Å²) in [5, 5.41) is 0. The third-order valence-corrected chi connectivity index (χ3v) is 3.10. The van der Waals surface area contributed by atoms with Gasteiger partial charge in [0.2, 0.25) is 5.91 Å². The van der Waals surface area contributed by atoms with Gasteiger partial charge >= 0.3 is 0 Å². The highest BCUT2D eigenvalue weighted by Crippen LogP contribution is 2.36. The van der Waals surface area contributed by atoms with E-state index in [1.54, 1.807) is 0 Å². The van der Waals surface area contributed by atoms with Gasteiger partial charge in [-0.2, -0.15) is 0 Å². The molecule has 0 spiro atoms. The van der Waals surface area contributed by atoms with Crippen LogP contribution in [0.5, 0.6) is 0 Å². The largest absolute Gasteiger partial charge is 0.335 e. The van der Waals surface area contributed by atoms with E-state index in [-0.39, 0.29) is 11.0 Å². The number of carbonyl (C=O) groups excluding carboxylic acids is 1. The quantitative estimate of drug-likeness (QED) is 0.687. The molecule has 1 unspecified atom stereocenters. The van der Waals surface area contributed by atoms with Crippen molar-refractivity contribution in [3.05, 3.63) is 0 Å². The molecule has 1 heterocycles. The van der Waals surface area contributed by atoms with Gasteiger partial charge in [0.25, 0.3) is 0 Å². The summed E-state index contributed by atoms with van der Waals surface area (Å²) < 4.78 is 0. The number of carbonyl (C=O) groups is 1. The molecule has 1 aliphatic rings. The van der Waals surface area contributed by atoms with E-state index in [0.29, 0.717) is 11.9 Å². The normalized spacial score (nSPS) is 23.7. The molecule has 0 aromatic rings. The maximum Gasteiger partial charge on any atom is 0.223 e. The van der Waals surface area contributed by atoms with Gasteiger partial charge in [-0.1, -0.05) is 20.8 Å². The van der Waals surface area contributed by atoms with Gasteiger partial charge in [-0.3, -0.25) is 4.79 Å². The number of likely N-dealkylation sites (tertiary alicyclic amines) is 1. The Morgan fingerprint density at radius 2 is 1.80 bits per heavy atom. The molecule has 0 aliphatic carbocycles. The second kappa shape index (κ2) is 3.80. The minimum Gasteiger partial charge on any atom is -0.335 e. The monoisotopic (exact) mass is 211 g/mol. The molecule has 0 N–H and O–H groups in total. The van der Waals surface area contributed by atoms with Crippen molar-refractivity contribution in [3.63, 3.8) is 0 Å². The Hall–Kier alpha value is -0.530. The summed E-state index contributed by atoms with van der Waals surface area (Å²) >= 11 is 0. The summed E-state index contributed by atoms with van der Waals surface area (Å²) in [5.74, 6) is 0.330. The third-order valence-electron chi connectivity index (χ3n) is 3.10. The predicted molar refractivity (Wildman–Crippen MR) is 63.7 cm³/mol. The van der Waals surface area contributed by atoms with Crippen LogP contribution in [0.1, 0.15) is 60.8 Å². The van der Waals surface area contributed by atoms with Gasteiger partial charge in [0.05, 0.1) is 0 Å². The number of hydrogen-bond acceptors (Lipinski definition) is 1. The second-order valence-corrected chi connectivity index (χ2v) is 6.70. The number of amides is 1. The zero-order valence-corrected chi connectivity index (χ0v) is 11.1. The van der Waals surface area contributed by atoms with Crippen LogP contribution in [0.15, 0.2) is 0 Å². The van der Waals surface area contributed by atoms with Crippen LogP contribution in [0, 0.1) is 5.41 Å². The van der Waals surface area contributed by atoms with E-state index in [1.165, 1.54) is 0 Å². The summed E-state index contributed by atoms with van der Waals surface area (Å²) in [7, 11) is 0. The van der Waals surface area contributed by atoms with Gasteiger partial charge in [0.1, 0.15) is 0 Å². The van der Waals surface area contributed by atoms with Crippen molar-refractivity contribution in [1.82, 2.24) is 4.90 Å². The summed E-state index contributed by atoms with van der Waals surface area (Å²) in [6.45, 7) is 13.3. The Labute approximate surface area is 94.0 Å². The molecule has 15 heavy (non-hydrogen) atoms. The van der Waals surface area contributed by atoms with Crippen LogP contribution in [0.3, 0.4) is 0 Å². The van der Waals surface area contributed by atoms with Crippen molar-refractivity contribution in [1.29, 1.82) is 0 Å². The van der Waals surface area contributed by atoms with E-state index in [0.717, 1.165) is 19.3 Å². The molecule has 1 saturated heterocycles. The summed E-state index contributed by atoms with van der Waals surface area (Å²) in [4.78, 5) is 13.9. The highest BCUT2D eigenvalue weighted by Gasteiger charge is 2.40. The van der Waals surface area contributed by atoms with Gasteiger partial charge in [0, 0.05) is 18.0 Å². The topological polar surface area (TPSA) is 20.3 Å². The Morgan fingerprint density at radius 1 is 1.27 bits per heavy atom. The van der Waals surface area contributed by atoms with Crippen molar-refractivity contribution in [2.24, 2.45) is 5.41 Å². The summed E-state index contributed by atoms with van der Waals surface area (Å²) in [6.07, 6.45) is 2.80. The Bertz CT molecular complexity index is 250. The van der Waals surface area contributed by atoms with Crippen molar-refractivity contribution in [2.75, 3.05) is 0 Å². The van der Waals surface area contributed by atoms with Gasteiger partial charge in [0.15, 0.2) is 0 Å². The van der Waals surface area contributed by atoms with Gasteiger partial charge in [-0.05, 0) is 39.0 Å². The maximum absolute atomic E-state index is 11.8. The molecule has 0 aromatic heterocycles. The van der Waals surface area contributed by atoms with Crippen LogP contribution < -0.4 is 0 Å². The molecule has 0 radical (unpaired) electrons. The number of rotatable bonds is 2. The lowest BCUT2D eigenvalue weighted by atomic mass is 9.80. The molecule has 0 saturated carbocycles. The van der Waals surface area contributed by atoms with Crippen LogP contribution in [-0.4, -0.2) is 22.4 Å². The number of hydrogen-bond donors (Lipinski definition) is 0. The van der Waals surface area contributed by atoms with E-state index in [2.05, 4.69) is 46.4 Å². The van der Waals surface area contributed by atoms with E-state index < -0.39 is 0 Å². The first-order chi connectivity index (χ1) is 6.63. The van der Waals surface area contributed by atoms with Gasteiger partial charge < -0.3 is 4.90 Å². The lowest BCUT2D eigenvalue weighted by molar-refractivity contribution is -0.134. The minimum absolute atomic E-state index is 0.00868. The van der Waals surface area contributed by atoms with Crippen LogP contribution >= 0.6 is 0 Å². The first kappa shape index (κ1) is 12.5. The molecule has 2 heteroatoms. The number of nitrogens with zero attached hydrogens (tertiary/aromatic N) is 1. The molecule has 0 bridgehead atoms. The van der Waals surface area contributed by atoms with Crippen LogP contribution in [0.4, 0.5) is 0 Å². The molecule has 1 aliphatic heterocycles. The molecule has 1 atom stereocenters. The maximum atomic E-state index is 11.8. The second-order valence-electron chi connectivity index (χ2n) is 6.70. The van der Waals surface area contributed by atoms with E-state index in [9.17, 15) is 4.79 Å². The summed E-state index contributed by atoms with van der Waals surface area (Å²) in [6, 6.07) is 0.412. The summed E-state index contributed by atoms with van der Waals surface area (Å²) in [5.41, 5.74) is 0.261. The molecule has 0 aromatic carbocycles. The van der Waals surface area contributed by atoms with Gasteiger partial charge in [-0.15, -0.1) is 0 Å². The molecule has 1 rings (SSSR count). The lowest BCUT2D eigenvalue weighted by Gasteiger charge is -2.42. The first-order valence-corrected chi connectivity index (χ1v) is 5.96. The van der Waals surface area contributed by atoms with E-state index in [1.807, 2.05) is 0 Å². The van der Waals surface area contributed by atoms with Crippen LogP contribution in [0.25, 0.3) is 0 Å². The van der Waals surface area contributed by atoms with E-state index >= 15 is 0 Å². The van der Waals surface area contributed by atoms with Crippen LogP contribution in [0.2, 0.25) is 0 Å². The Balaban J connectivity index is 2.80. The smallest absolute Gasteiger partial charge is 0.223 e. The molecule has 88 valence electrons. The molecule has 2 nitrogen and oxygen atoms in total. The molecular weight excluding hydrogens is 186 g/mol. The van der Waals surface area contributed by atoms with E-state index in [4.69, 9.17) is 0 Å². The molecule has 1 fully saturated rings. The molecular formula is C13H25NO. The van der Waals surface area contributed by atoms with Crippen molar-refractivity contribution in [3.8, 4) is 0 Å². The molecule has 1 amide bonds. The van der Waals surface area contributed by atoms with Gasteiger partial charge in [-0.25, -0.2) is 0 Å². The fourth-order valence-electron chi connectivity index (χ4n) is 3.14. The lowest BCUT2D eigenvalue weighted by Crippen LogP contribution is -2.50. The first-order valence-electron chi connectivity index (χ1n) is 5.96. The third kappa shape index (κ3) is 2.96. The van der Waals surface area contributed by atoms with Crippen molar-refractivity contribution < 1.29 is 4.79 Å². The Morgan fingerprint density at radius 3 is 2.13 bits per heavy atom.